The molecule has 2 fully saturated rings. The monoisotopic (exact) mass is 302 g/mol. The van der Waals surface area contributed by atoms with Crippen molar-refractivity contribution in [1.29, 1.82) is 0 Å². The SMILES string of the molecule is CC1CN(CC(=O)NC(c2ccccc2)C2CC2)CC(C)O1. The summed E-state index contributed by atoms with van der Waals surface area (Å²) >= 11 is 0. The third-order valence-corrected chi connectivity index (χ3v) is 4.43. The fraction of sp³-hybridized carbons (Fsp3) is 0.611. The van der Waals surface area contributed by atoms with Crippen molar-refractivity contribution in [2.24, 2.45) is 5.92 Å². The number of hydrogen-bond acceptors (Lipinski definition) is 3. The predicted molar refractivity (Wildman–Crippen MR) is 86.5 cm³/mol. The molecular weight excluding hydrogens is 276 g/mol. The third-order valence-electron chi connectivity index (χ3n) is 4.43. The molecule has 4 nitrogen and oxygen atoms in total. The lowest BCUT2D eigenvalue weighted by atomic mass is 10.0. The Bertz CT molecular complexity index is 491. The second kappa shape index (κ2) is 6.80. The quantitative estimate of drug-likeness (QED) is 0.908. The summed E-state index contributed by atoms with van der Waals surface area (Å²) in [5.74, 6) is 0.732. The Labute approximate surface area is 132 Å². The second-order valence-corrected chi connectivity index (χ2v) is 6.74. The molecule has 1 aliphatic heterocycles. The zero-order valence-corrected chi connectivity index (χ0v) is 13.5. The Morgan fingerprint density at radius 3 is 2.45 bits per heavy atom. The summed E-state index contributed by atoms with van der Waals surface area (Å²) in [5, 5.41) is 3.25. The smallest absolute Gasteiger partial charge is 0.234 e. The summed E-state index contributed by atoms with van der Waals surface area (Å²) in [6.07, 6.45) is 2.83. The fourth-order valence-corrected chi connectivity index (χ4v) is 3.40. The Balaban J connectivity index is 1.58. The Hall–Kier alpha value is -1.39. The Kier molecular flexibility index (Phi) is 4.79. The fourth-order valence-electron chi connectivity index (χ4n) is 3.40. The number of carbonyl (C=O) groups is 1. The van der Waals surface area contributed by atoms with Crippen LogP contribution in [-0.4, -0.2) is 42.6 Å². The molecule has 1 N–H and O–H groups in total. The first-order valence-electron chi connectivity index (χ1n) is 8.34. The van der Waals surface area contributed by atoms with Crippen LogP contribution in [0.5, 0.6) is 0 Å². The average molecular weight is 302 g/mol. The highest BCUT2D eigenvalue weighted by atomic mass is 16.5. The van der Waals surface area contributed by atoms with Crippen molar-refractivity contribution in [3.05, 3.63) is 35.9 Å². The molecule has 1 aromatic rings. The summed E-state index contributed by atoms with van der Waals surface area (Å²) < 4.78 is 5.72. The number of benzene rings is 1. The minimum atomic E-state index is 0.127. The normalized spacial score (nSPS) is 27.4. The molecule has 1 aromatic carbocycles. The number of carbonyl (C=O) groups excluding carboxylic acids is 1. The van der Waals surface area contributed by atoms with Gasteiger partial charge in [0.1, 0.15) is 0 Å². The van der Waals surface area contributed by atoms with Crippen molar-refractivity contribution in [2.75, 3.05) is 19.6 Å². The van der Waals surface area contributed by atoms with Crippen LogP contribution < -0.4 is 5.32 Å². The van der Waals surface area contributed by atoms with Crippen molar-refractivity contribution in [2.45, 2.75) is 44.9 Å². The van der Waals surface area contributed by atoms with Gasteiger partial charge in [0, 0.05) is 13.1 Å². The van der Waals surface area contributed by atoms with E-state index >= 15 is 0 Å². The molecule has 0 radical (unpaired) electrons. The largest absolute Gasteiger partial charge is 0.373 e. The lowest BCUT2D eigenvalue weighted by Crippen LogP contribution is -2.49. The maximum absolute atomic E-state index is 12.4. The van der Waals surface area contributed by atoms with E-state index in [9.17, 15) is 4.79 Å². The van der Waals surface area contributed by atoms with Crippen LogP contribution in [0.25, 0.3) is 0 Å². The zero-order valence-electron chi connectivity index (χ0n) is 13.5. The van der Waals surface area contributed by atoms with Gasteiger partial charge in [-0.25, -0.2) is 0 Å². The van der Waals surface area contributed by atoms with Crippen LogP contribution in [0.1, 0.15) is 38.3 Å². The molecule has 1 saturated heterocycles. The third kappa shape index (κ3) is 4.08. The minimum Gasteiger partial charge on any atom is -0.373 e. The number of morpholine rings is 1. The van der Waals surface area contributed by atoms with E-state index < -0.39 is 0 Å². The molecule has 4 heteroatoms. The first-order valence-corrected chi connectivity index (χ1v) is 8.34. The number of ether oxygens (including phenoxy) is 1. The van der Waals surface area contributed by atoms with E-state index in [1.807, 2.05) is 18.2 Å². The Morgan fingerprint density at radius 2 is 1.86 bits per heavy atom. The maximum atomic E-state index is 12.4. The number of rotatable bonds is 5. The van der Waals surface area contributed by atoms with E-state index in [2.05, 4.69) is 36.2 Å². The van der Waals surface area contributed by atoms with Gasteiger partial charge in [0.25, 0.3) is 0 Å². The van der Waals surface area contributed by atoms with Gasteiger partial charge < -0.3 is 10.1 Å². The van der Waals surface area contributed by atoms with Crippen LogP contribution in [0.3, 0.4) is 0 Å². The van der Waals surface area contributed by atoms with Gasteiger partial charge >= 0.3 is 0 Å². The van der Waals surface area contributed by atoms with Crippen molar-refractivity contribution < 1.29 is 9.53 Å². The highest BCUT2D eigenvalue weighted by Crippen LogP contribution is 2.40. The average Bonchev–Trinajstić information content (AvgIpc) is 3.29. The number of nitrogens with zero attached hydrogens (tertiary/aromatic N) is 1. The summed E-state index contributed by atoms with van der Waals surface area (Å²) in [7, 11) is 0. The van der Waals surface area contributed by atoms with Gasteiger partial charge in [0.15, 0.2) is 0 Å². The molecule has 3 unspecified atom stereocenters. The first-order chi connectivity index (χ1) is 10.6. The second-order valence-electron chi connectivity index (χ2n) is 6.74. The summed E-state index contributed by atoms with van der Waals surface area (Å²) in [6, 6.07) is 10.5. The van der Waals surface area contributed by atoms with Gasteiger partial charge in [-0.05, 0) is 38.2 Å². The molecule has 1 amide bonds. The lowest BCUT2D eigenvalue weighted by molar-refractivity contribution is -0.126. The molecule has 120 valence electrons. The van der Waals surface area contributed by atoms with E-state index in [1.54, 1.807) is 0 Å². The molecule has 3 rings (SSSR count). The van der Waals surface area contributed by atoms with Crippen LogP contribution in [0.15, 0.2) is 30.3 Å². The van der Waals surface area contributed by atoms with Crippen LogP contribution in [0, 0.1) is 5.92 Å². The predicted octanol–water partition coefficient (Wildman–Crippen LogP) is 2.36. The maximum Gasteiger partial charge on any atom is 0.234 e. The standard InChI is InChI=1S/C18H26N2O2/c1-13-10-20(11-14(2)22-13)12-17(21)19-18(16-8-9-16)15-6-4-3-5-7-15/h3-7,13-14,16,18H,8-12H2,1-2H3,(H,19,21). The van der Waals surface area contributed by atoms with E-state index in [1.165, 1.54) is 18.4 Å². The molecule has 3 atom stereocenters. The van der Waals surface area contributed by atoms with Crippen LogP contribution >= 0.6 is 0 Å². The lowest BCUT2D eigenvalue weighted by Gasteiger charge is -2.35. The molecule has 1 aliphatic carbocycles. The van der Waals surface area contributed by atoms with Gasteiger partial charge in [-0.1, -0.05) is 30.3 Å². The number of hydrogen-bond donors (Lipinski definition) is 1. The van der Waals surface area contributed by atoms with Crippen molar-refractivity contribution in [3.63, 3.8) is 0 Å². The molecule has 0 aromatic heterocycles. The van der Waals surface area contributed by atoms with Crippen LogP contribution in [0.2, 0.25) is 0 Å². The topological polar surface area (TPSA) is 41.6 Å². The van der Waals surface area contributed by atoms with E-state index in [0.29, 0.717) is 12.5 Å². The molecule has 2 aliphatic rings. The molecule has 0 spiro atoms. The van der Waals surface area contributed by atoms with Gasteiger partial charge in [0.05, 0.1) is 24.8 Å². The molecule has 0 bridgehead atoms. The summed E-state index contributed by atoms with van der Waals surface area (Å²) in [5.41, 5.74) is 1.22. The summed E-state index contributed by atoms with van der Waals surface area (Å²) in [4.78, 5) is 14.6. The van der Waals surface area contributed by atoms with Crippen molar-refractivity contribution >= 4 is 5.91 Å². The molecular formula is C18H26N2O2. The van der Waals surface area contributed by atoms with Gasteiger partial charge in [-0.2, -0.15) is 0 Å². The van der Waals surface area contributed by atoms with Crippen molar-refractivity contribution in [1.82, 2.24) is 10.2 Å². The van der Waals surface area contributed by atoms with Gasteiger partial charge in [-0.3, -0.25) is 9.69 Å². The molecule has 1 saturated carbocycles. The van der Waals surface area contributed by atoms with Gasteiger partial charge in [-0.15, -0.1) is 0 Å². The van der Waals surface area contributed by atoms with Crippen molar-refractivity contribution in [3.8, 4) is 0 Å². The van der Waals surface area contributed by atoms with Crippen LogP contribution in [-0.2, 0) is 9.53 Å². The van der Waals surface area contributed by atoms with E-state index in [-0.39, 0.29) is 24.2 Å². The number of nitrogens with one attached hydrogen (secondary N) is 1. The highest BCUT2D eigenvalue weighted by molar-refractivity contribution is 5.78. The Morgan fingerprint density at radius 1 is 1.23 bits per heavy atom. The zero-order chi connectivity index (χ0) is 15.5. The minimum absolute atomic E-state index is 0.127. The molecule has 22 heavy (non-hydrogen) atoms. The van der Waals surface area contributed by atoms with Crippen LogP contribution in [0.4, 0.5) is 0 Å². The summed E-state index contributed by atoms with van der Waals surface area (Å²) in [6.45, 7) is 6.26. The van der Waals surface area contributed by atoms with E-state index in [0.717, 1.165) is 13.1 Å². The molecule has 1 heterocycles. The van der Waals surface area contributed by atoms with E-state index in [4.69, 9.17) is 4.74 Å². The number of amides is 1. The highest BCUT2D eigenvalue weighted by Gasteiger charge is 2.34. The van der Waals surface area contributed by atoms with Gasteiger partial charge in [0.2, 0.25) is 5.91 Å². The first kappa shape index (κ1) is 15.5.